The van der Waals surface area contributed by atoms with E-state index in [0.717, 1.165) is 5.92 Å². The van der Waals surface area contributed by atoms with Gasteiger partial charge in [0.05, 0.1) is 0 Å². The normalized spacial score (nSPS) is 25.4. The van der Waals surface area contributed by atoms with E-state index in [1.165, 1.54) is 35.6 Å². The second-order valence-corrected chi connectivity index (χ2v) is 5.81. The van der Waals surface area contributed by atoms with Crippen molar-refractivity contribution in [1.29, 1.82) is 0 Å². The van der Waals surface area contributed by atoms with E-state index in [1.54, 1.807) is 0 Å². The van der Waals surface area contributed by atoms with Crippen molar-refractivity contribution in [3.8, 4) is 0 Å². The SMILES string of the molecule is CC1CCC(C(N)c2ccc3ccccc3c2)C1. The quantitative estimate of drug-likeness (QED) is 0.832. The van der Waals surface area contributed by atoms with Gasteiger partial charge in [0.15, 0.2) is 0 Å². The lowest BCUT2D eigenvalue weighted by Gasteiger charge is -2.20. The molecule has 0 bridgehead atoms. The van der Waals surface area contributed by atoms with Gasteiger partial charge in [-0.25, -0.2) is 0 Å². The molecule has 0 aliphatic heterocycles. The van der Waals surface area contributed by atoms with Crippen molar-refractivity contribution in [2.45, 2.75) is 32.2 Å². The Hall–Kier alpha value is -1.34. The molecule has 1 aliphatic rings. The van der Waals surface area contributed by atoms with E-state index in [1.807, 2.05) is 0 Å². The zero-order valence-corrected chi connectivity index (χ0v) is 11.0. The van der Waals surface area contributed by atoms with E-state index in [9.17, 15) is 0 Å². The summed E-state index contributed by atoms with van der Waals surface area (Å²) in [6.45, 7) is 2.34. The molecule has 3 rings (SSSR count). The highest BCUT2D eigenvalue weighted by molar-refractivity contribution is 5.83. The third-order valence-corrected chi connectivity index (χ3v) is 4.40. The highest BCUT2D eigenvalue weighted by atomic mass is 14.7. The molecule has 0 radical (unpaired) electrons. The van der Waals surface area contributed by atoms with Gasteiger partial charge in [0.25, 0.3) is 0 Å². The van der Waals surface area contributed by atoms with Crippen LogP contribution in [0.25, 0.3) is 10.8 Å². The van der Waals surface area contributed by atoms with Crippen molar-refractivity contribution in [3.05, 3.63) is 48.0 Å². The Labute approximate surface area is 109 Å². The molecule has 94 valence electrons. The monoisotopic (exact) mass is 239 g/mol. The second-order valence-electron chi connectivity index (χ2n) is 5.81. The van der Waals surface area contributed by atoms with Crippen molar-refractivity contribution in [1.82, 2.24) is 0 Å². The molecule has 1 saturated carbocycles. The van der Waals surface area contributed by atoms with Crippen molar-refractivity contribution in [3.63, 3.8) is 0 Å². The van der Waals surface area contributed by atoms with Crippen LogP contribution >= 0.6 is 0 Å². The Morgan fingerprint density at radius 1 is 1.06 bits per heavy atom. The average Bonchev–Trinajstić information content (AvgIpc) is 2.84. The van der Waals surface area contributed by atoms with Crippen molar-refractivity contribution < 1.29 is 0 Å². The molecule has 0 heterocycles. The summed E-state index contributed by atoms with van der Waals surface area (Å²) in [6.07, 6.45) is 3.91. The van der Waals surface area contributed by atoms with Gasteiger partial charge in [0.2, 0.25) is 0 Å². The van der Waals surface area contributed by atoms with E-state index in [4.69, 9.17) is 5.73 Å². The summed E-state index contributed by atoms with van der Waals surface area (Å²) in [7, 11) is 0. The Morgan fingerprint density at radius 2 is 1.83 bits per heavy atom. The third kappa shape index (κ3) is 2.15. The van der Waals surface area contributed by atoms with Gasteiger partial charge in [-0.3, -0.25) is 0 Å². The molecule has 0 spiro atoms. The number of nitrogens with two attached hydrogens (primary N) is 1. The summed E-state index contributed by atoms with van der Waals surface area (Å²) in [6, 6.07) is 15.4. The highest BCUT2D eigenvalue weighted by Crippen LogP contribution is 2.38. The van der Waals surface area contributed by atoms with Crippen LogP contribution in [0.2, 0.25) is 0 Å². The first-order valence-electron chi connectivity index (χ1n) is 6.98. The van der Waals surface area contributed by atoms with E-state index >= 15 is 0 Å². The molecule has 3 unspecified atom stereocenters. The fraction of sp³-hybridized carbons (Fsp3) is 0.412. The number of hydrogen-bond acceptors (Lipinski definition) is 1. The molecule has 0 amide bonds. The number of benzene rings is 2. The zero-order valence-electron chi connectivity index (χ0n) is 11.0. The largest absolute Gasteiger partial charge is 0.324 e. The van der Waals surface area contributed by atoms with Gasteiger partial charge >= 0.3 is 0 Å². The Kier molecular flexibility index (Phi) is 3.09. The van der Waals surface area contributed by atoms with E-state index < -0.39 is 0 Å². The van der Waals surface area contributed by atoms with Gasteiger partial charge in [-0.15, -0.1) is 0 Å². The van der Waals surface area contributed by atoms with Crippen LogP contribution in [0.5, 0.6) is 0 Å². The molecule has 0 saturated heterocycles. The molecule has 1 nitrogen and oxygen atoms in total. The van der Waals surface area contributed by atoms with Crippen LogP contribution in [0.3, 0.4) is 0 Å². The Bertz CT molecular complexity index is 546. The standard InChI is InChI=1S/C17H21N/c1-12-6-7-15(10-12)17(18)16-9-8-13-4-2-3-5-14(13)11-16/h2-5,8-9,11-12,15,17H,6-7,10,18H2,1H3. The van der Waals surface area contributed by atoms with Crippen molar-refractivity contribution >= 4 is 10.8 Å². The van der Waals surface area contributed by atoms with Crippen LogP contribution in [0.15, 0.2) is 42.5 Å². The summed E-state index contributed by atoms with van der Waals surface area (Å²) in [5.41, 5.74) is 7.75. The molecule has 2 aromatic rings. The van der Waals surface area contributed by atoms with Gasteiger partial charge < -0.3 is 5.73 Å². The first-order chi connectivity index (χ1) is 8.74. The predicted octanol–water partition coefficient (Wildman–Crippen LogP) is 4.28. The first-order valence-corrected chi connectivity index (χ1v) is 6.98. The van der Waals surface area contributed by atoms with Crippen LogP contribution in [-0.2, 0) is 0 Å². The van der Waals surface area contributed by atoms with Crippen LogP contribution in [0.1, 0.15) is 37.8 Å². The Balaban J connectivity index is 1.89. The molecule has 0 aromatic heterocycles. The molecule has 3 atom stereocenters. The lowest BCUT2D eigenvalue weighted by molar-refractivity contribution is 0.429. The lowest BCUT2D eigenvalue weighted by Crippen LogP contribution is -2.19. The van der Waals surface area contributed by atoms with Crippen molar-refractivity contribution in [2.24, 2.45) is 17.6 Å². The average molecular weight is 239 g/mol. The molecule has 1 aliphatic carbocycles. The molecular weight excluding hydrogens is 218 g/mol. The van der Waals surface area contributed by atoms with Gasteiger partial charge in [-0.05, 0) is 47.1 Å². The summed E-state index contributed by atoms with van der Waals surface area (Å²) in [5, 5.41) is 2.60. The summed E-state index contributed by atoms with van der Waals surface area (Å²) in [4.78, 5) is 0. The van der Waals surface area contributed by atoms with Crippen LogP contribution < -0.4 is 5.73 Å². The maximum absolute atomic E-state index is 6.45. The topological polar surface area (TPSA) is 26.0 Å². The zero-order chi connectivity index (χ0) is 12.5. The van der Waals surface area contributed by atoms with Crippen LogP contribution in [0.4, 0.5) is 0 Å². The smallest absolute Gasteiger partial charge is 0.0323 e. The van der Waals surface area contributed by atoms with Gasteiger partial charge in [0, 0.05) is 6.04 Å². The minimum atomic E-state index is 0.208. The molecule has 1 fully saturated rings. The fourth-order valence-electron chi connectivity index (χ4n) is 3.26. The number of hydrogen-bond donors (Lipinski definition) is 1. The van der Waals surface area contributed by atoms with Gasteiger partial charge in [0.1, 0.15) is 0 Å². The predicted molar refractivity (Wildman–Crippen MR) is 77.4 cm³/mol. The maximum Gasteiger partial charge on any atom is 0.0323 e. The molecule has 2 N–H and O–H groups in total. The first kappa shape index (κ1) is 11.7. The minimum Gasteiger partial charge on any atom is -0.324 e. The summed E-state index contributed by atoms with van der Waals surface area (Å²) >= 11 is 0. The van der Waals surface area contributed by atoms with Crippen molar-refractivity contribution in [2.75, 3.05) is 0 Å². The summed E-state index contributed by atoms with van der Waals surface area (Å²) < 4.78 is 0. The van der Waals surface area contributed by atoms with Gasteiger partial charge in [-0.2, -0.15) is 0 Å². The molecule has 18 heavy (non-hydrogen) atoms. The van der Waals surface area contributed by atoms with Crippen LogP contribution in [0, 0.1) is 11.8 Å². The minimum absolute atomic E-state index is 0.208. The van der Waals surface area contributed by atoms with E-state index in [-0.39, 0.29) is 6.04 Å². The molecule has 1 heteroatoms. The second kappa shape index (κ2) is 4.74. The highest BCUT2D eigenvalue weighted by Gasteiger charge is 2.27. The fourth-order valence-corrected chi connectivity index (χ4v) is 3.26. The molecular formula is C17H21N. The van der Waals surface area contributed by atoms with Gasteiger partial charge in [-0.1, -0.05) is 49.7 Å². The third-order valence-electron chi connectivity index (χ3n) is 4.40. The van der Waals surface area contributed by atoms with E-state index in [2.05, 4.69) is 49.4 Å². The van der Waals surface area contributed by atoms with Crippen LogP contribution in [-0.4, -0.2) is 0 Å². The molecule has 2 aromatic carbocycles. The maximum atomic E-state index is 6.45. The van der Waals surface area contributed by atoms with E-state index in [0.29, 0.717) is 5.92 Å². The number of fused-ring (bicyclic) bond motifs is 1. The number of rotatable bonds is 2. The Morgan fingerprint density at radius 3 is 2.56 bits per heavy atom. The lowest BCUT2D eigenvalue weighted by atomic mass is 9.90. The summed E-state index contributed by atoms with van der Waals surface area (Å²) in [5.74, 6) is 1.52.